The van der Waals surface area contributed by atoms with Crippen molar-refractivity contribution in [1.29, 1.82) is 0 Å². The van der Waals surface area contributed by atoms with E-state index in [0.29, 0.717) is 0 Å². The molecule has 0 aliphatic carbocycles. The van der Waals surface area contributed by atoms with Gasteiger partial charge in [-0.3, -0.25) is 0 Å². The molecule has 0 fully saturated rings. The second-order valence-electron chi connectivity index (χ2n) is 6.53. The molecule has 0 radical (unpaired) electrons. The summed E-state index contributed by atoms with van der Waals surface area (Å²) < 4.78 is 5.31. The molecule has 0 spiro atoms. The number of nitrogens with zero attached hydrogens (tertiary/aromatic N) is 2. The molecule has 5 rings (SSSR count). The van der Waals surface area contributed by atoms with Crippen LogP contribution >= 0.6 is 0 Å². The summed E-state index contributed by atoms with van der Waals surface area (Å²) in [5.41, 5.74) is 5.92. The van der Waals surface area contributed by atoms with Crippen LogP contribution in [0.5, 0.6) is 5.75 Å². The lowest BCUT2D eigenvalue weighted by Gasteiger charge is -2.04. The Morgan fingerprint density at radius 1 is 0.786 bits per heavy atom. The number of hydrogen-bond acceptors (Lipinski definition) is 3. The molecule has 0 unspecified atom stereocenters. The molecule has 5 nitrogen and oxygen atoms in total. The van der Waals surface area contributed by atoms with Gasteiger partial charge in [-0.1, -0.05) is 54.6 Å². The molecule has 0 aliphatic heterocycles. The number of H-pyrrole nitrogens is 2. The minimum atomic E-state index is 0.800. The van der Waals surface area contributed by atoms with Gasteiger partial charge in [0.05, 0.1) is 30.0 Å². The number of nitrogens with one attached hydrogen (secondary N) is 2. The Kier molecular flexibility index (Phi) is 3.91. The van der Waals surface area contributed by atoms with Crippen LogP contribution in [0.1, 0.15) is 0 Å². The summed E-state index contributed by atoms with van der Waals surface area (Å²) in [5, 5.41) is 0. The molecule has 0 saturated carbocycles. The number of imidazole rings is 2. The number of aromatic amines is 2. The van der Waals surface area contributed by atoms with E-state index in [0.717, 1.165) is 50.8 Å². The van der Waals surface area contributed by atoms with Gasteiger partial charge in [-0.2, -0.15) is 0 Å². The molecule has 2 N–H and O–H groups in total. The number of fused-ring (bicyclic) bond motifs is 1. The first-order valence-electron chi connectivity index (χ1n) is 9.06. The molecule has 0 atom stereocenters. The van der Waals surface area contributed by atoms with E-state index in [1.165, 1.54) is 0 Å². The molecule has 5 aromatic rings. The highest BCUT2D eigenvalue weighted by Crippen LogP contribution is 2.32. The molecule has 0 saturated heterocycles. The lowest BCUT2D eigenvalue weighted by Crippen LogP contribution is -1.88. The average Bonchev–Trinajstić information content (AvgIpc) is 3.41. The van der Waals surface area contributed by atoms with Crippen molar-refractivity contribution >= 4 is 11.0 Å². The zero-order chi connectivity index (χ0) is 18.9. The van der Waals surface area contributed by atoms with E-state index < -0.39 is 0 Å². The van der Waals surface area contributed by atoms with Crippen LogP contribution < -0.4 is 4.74 Å². The zero-order valence-corrected chi connectivity index (χ0v) is 15.3. The van der Waals surface area contributed by atoms with Crippen LogP contribution in [0.3, 0.4) is 0 Å². The van der Waals surface area contributed by atoms with Gasteiger partial charge in [-0.25, -0.2) is 9.97 Å². The summed E-state index contributed by atoms with van der Waals surface area (Å²) in [6.45, 7) is 0. The Balaban J connectivity index is 1.59. The number of ether oxygens (including phenoxy) is 1. The second-order valence-corrected chi connectivity index (χ2v) is 6.53. The fraction of sp³-hybridized carbons (Fsp3) is 0.0435. The third kappa shape index (κ3) is 2.83. The van der Waals surface area contributed by atoms with Crippen molar-refractivity contribution in [1.82, 2.24) is 19.9 Å². The van der Waals surface area contributed by atoms with E-state index in [9.17, 15) is 0 Å². The standard InChI is InChI=1S/C23H18N4O/c1-28-16-11-12-19-20(13-16)26-23(25-19)18-10-6-5-9-17(18)22-24-14-21(27-22)15-7-3-2-4-8-15/h2-14H,1H3,(H,24,27)(H,25,26). The van der Waals surface area contributed by atoms with Crippen molar-refractivity contribution in [2.75, 3.05) is 7.11 Å². The van der Waals surface area contributed by atoms with Crippen LogP contribution in [-0.4, -0.2) is 27.0 Å². The van der Waals surface area contributed by atoms with Crippen LogP contribution in [0.25, 0.3) is 45.1 Å². The Hall–Kier alpha value is -3.86. The van der Waals surface area contributed by atoms with Crippen LogP contribution in [-0.2, 0) is 0 Å². The molecular weight excluding hydrogens is 348 g/mol. The maximum Gasteiger partial charge on any atom is 0.139 e. The third-order valence-electron chi connectivity index (χ3n) is 4.79. The van der Waals surface area contributed by atoms with Crippen LogP contribution in [0, 0.1) is 0 Å². The van der Waals surface area contributed by atoms with Gasteiger partial charge in [0.1, 0.15) is 17.4 Å². The topological polar surface area (TPSA) is 66.6 Å². The Labute approximate surface area is 162 Å². The Morgan fingerprint density at radius 3 is 2.32 bits per heavy atom. The van der Waals surface area contributed by atoms with Gasteiger partial charge in [0, 0.05) is 17.2 Å². The molecular formula is C23H18N4O. The summed E-state index contributed by atoms with van der Waals surface area (Å²) in [7, 11) is 1.66. The van der Waals surface area contributed by atoms with Gasteiger partial charge in [0.15, 0.2) is 0 Å². The smallest absolute Gasteiger partial charge is 0.139 e. The SMILES string of the molecule is COc1ccc2nc(-c3ccccc3-c3ncc(-c4ccccc4)[nH]3)[nH]c2c1. The number of hydrogen-bond donors (Lipinski definition) is 2. The van der Waals surface area contributed by atoms with E-state index >= 15 is 0 Å². The highest BCUT2D eigenvalue weighted by atomic mass is 16.5. The van der Waals surface area contributed by atoms with Crippen molar-refractivity contribution < 1.29 is 4.74 Å². The lowest BCUT2D eigenvalue weighted by atomic mass is 10.1. The largest absolute Gasteiger partial charge is 0.497 e. The van der Waals surface area contributed by atoms with Gasteiger partial charge >= 0.3 is 0 Å². The fourth-order valence-corrected chi connectivity index (χ4v) is 3.36. The van der Waals surface area contributed by atoms with Gasteiger partial charge in [-0.05, 0) is 17.7 Å². The Bertz CT molecular complexity index is 1250. The molecule has 3 aromatic carbocycles. The minimum Gasteiger partial charge on any atom is -0.497 e. The summed E-state index contributed by atoms with van der Waals surface area (Å²) in [6.07, 6.45) is 1.87. The first-order valence-corrected chi connectivity index (χ1v) is 9.06. The quantitative estimate of drug-likeness (QED) is 0.454. The highest BCUT2D eigenvalue weighted by molar-refractivity contribution is 5.85. The minimum absolute atomic E-state index is 0.800. The number of methoxy groups -OCH3 is 1. The molecule has 28 heavy (non-hydrogen) atoms. The normalized spacial score (nSPS) is 11.0. The number of benzene rings is 3. The lowest BCUT2D eigenvalue weighted by molar-refractivity contribution is 0.415. The van der Waals surface area contributed by atoms with Gasteiger partial charge in [0.25, 0.3) is 0 Å². The second kappa shape index (κ2) is 6.70. The summed E-state index contributed by atoms with van der Waals surface area (Å²) in [4.78, 5) is 16.2. The van der Waals surface area contributed by atoms with Crippen molar-refractivity contribution in [2.24, 2.45) is 0 Å². The van der Waals surface area contributed by atoms with E-state index in [1.807, 2.05) is 54.7 Å². The van der Waals surface area contributed by atoms with Crippen molar-refractivity contribution in [3.8, 4) is 39.8 Å². The highest BCUT2D eigenvalue weighted by Gasteiger charge is 2.14. The van der Waals surface area contributed by atoms with Crippen molar-refractivity contribution in [3.05, 3.63) is 79.0 Å². The average molecular weight is 366 g/mol. The Morgan fingerprint density at radius 2 is 1.54 bits per heavy atom. The molecule has 136 valence electrons. The zero-order valence-electron chi connectivity index (χ0n) is 15.3. The van der Waals surface area contributed by atoms with Gasteiger partial charge < -0.3 is 14.7 Å². The first-order chi connectivity index (χ1) is 13.8. The van der Waals surface area contributed by atoms with Crippen LogP contribution in [0.4, 0.5) is 0 Å². The molecule has 0 amide bonds. The summed E-state index contributed by atoms with van der Waals surface area (Å²) >= 11 is 0. The maximum absolute atomic E-state index is 5.31. The van der Waals surface area contributed by atoms with Crippen LogP contribution in [0.2, 0.25) is 0 Å². The van der Waals surface area contributed by atoms with Crippen molar-refractivity contribution in [2.45, 2.75) is 0 Å². The molecule has 5 heteroatoms. The van der Waals surface area contributed by atoms with E-state index in [4.69, 9.17) is 9.72 Å². The van der Waals surface area contributed by atoms with Gasteiger partial charge in [0.2, 0.25) is 0 Å². The van der Waals surface area contributed by atoms with Gasteiger partial charge in [-0.15, -0.1) is 0 Å². The van der Waals surface area contributed by atoms with E-state index in [-0.39, 0.29) is 0 Å². The molecule has 2 heterocycles. The molecule has 0 aliphatic rings. The first kappa shape index (κ1) is 16.3. The third-order valence-corrected chi connectivity index (χ3v) is 4.79. The summed E-state index contributed by atoms with van der Waals surface area (Å²) in [6, 6.07) is 24.1. The molecule has 2 aromatic heterocycles. The van der Waals surface area contributed by atoms with E-state index in [1.54, 1.807) is 7.11 Å². The predicted octanol–water partition coefficient (Wildman–Crippen LogP) is 5.30. The summed E-state index contributed by atoms with van der Waals surface area (Å²) in [5.74, 6) is 2.42. The maximum atomic E-state index is 5.31. The van der Waals surface area contributed by atoms with Crippen molar-refractivity contribution in [3.63, 3.8) is 0 Å². The number of rotatable bonds is 4. The number of aromatic nitrogens is 4. The monoisotopic (exact) mass is 366 g/mol. The fourth-order valence-electron chi connectivity index (χ4n) is 3.36. The predicted molar refractivity (Wildman–Crippen MR) is 111 cm³/mol. The molecule has 0 bridgehead atoms. The van der Waals surface area contributed by atoms with Crippen LogP contribution in [0.15, 0.2) is 79.0 Å². The van der Waals surface area contributed by atoms with E-state index in [2.05, 4.69) is 39.2 Å².